The summed E-state index contributed by atoms with van der Waals surface area (Å²) < 4.78 is 0. The number of aryl methyl sites for hydroxylation is 2. The van der Waals surface area contributed by atoms with E-state index in [4.69, 9.17) is 4.98 Å². The molecule has 0 unspecified atom stereocenters. The zero-order chi connectivity index (χ0) is 12.5. The van der Waals surface area contributed by atoms with E-state index in [1.165, 1.54) is 53.8 Å². The molecule has 1 heteroatoms. The SMILES string of the molecule is Cc1nc(C)c(-c2ccccc2)c2c1CCCC2. The molecule has 92 valence electrons. The van der Waals surface area contributed by atoms with Gasteiger partial charge in [0.15, 0.2) is 0 Å². The van der Waals surface area contributed by atoms with Gasteiger partial charge in [-0.1, -0.05) is 30.3 Å². The van der Waals surface area contributed by atoms with Gasteiger partial charge in [-0.2, -0.15) is 0 Å². The van der Waals surface area contributed by atoms with E-state index in [0.29, 0.717) is 0 Å². The van der Waals surface area contributed by atoms with E-state index >= 15 is 0 Å². The summed E-state index contributed by atoms with van der Waals surface area (Å²) in [6.45, 7) is 4.30. The minimum absolute atomic E-state index is 1.18. The summed E-state index contributed by atoms with van der Waals surface area (Å²) >= 11 is 0. The quantitative estimate of drug-likeness (QED) is 0.722. The second-order valence-corrected chi connectivity index (χ2v) is 5.19. The monoisotopic (exact) mass is 237 g/mol. The average Bonchev–Trinajstić information content (AvgIpc) is 2.40. The molecule has 18 heavy (non-hydrogen) atoms. The van der Waals surface area contributed by atoms with Crippen molar-refractivity contribution in [2.24, 2.45) is 0 Å². The fourth-order valence-corrected chi connectivity index (χ4v) is 3.16. The smallest absolute Gasteiger partial charge is 0.0457 e. The second kappa shape index (κ2) is 4.56. The predicted octanol–water partition coefficient (Wildman–Crippen LogP) is 4.24. The molecule has 0 amide bonds. The van der Waals surface area contributed by atoms with E-state index in [9.17, 15) is 0 Å². The molecule has 1 heterocycles. The highest BCUT2D eigenvalue weighted by molar-refractivity contribution is 5.71. The summed E-state index contributed by atoms with van der Waals surface area (Å²) in [5, 5.41) is 0. The molecule has 1 aliphatic carbocycles. The van der Waals surface area contributed by atoms with Gasteiger partial charge in [0.1, 0.15) is 0 Å². The van der Waals surface area contributed by atoms with Gasteiger partial charge in [-0.05, 0) is 56.2 Å². The Morgan fingerprint density at radius 1 is 0.833 bits per heavy atom. The Kier molecular flexibility index (Phi) is 2.91. The van der Waals surface area contributed by atoms with Crippen LogP contribution in [0.5, 0.6) is 0 Å². The number of pyridine rings is 1. The molecular weight excluding hydrogens is 218 g/mol. The molecule has 0 spiro atoms. The summed E-state index contributed by atoms with van der Waals surface area (Å²) in [6, 6.07) is 10.7. The second-order valence-electron chi connectivity index (χ2n) is 5.19. The maximum Gasteiger partial charge on any atom is 0.0457 e. The maximum atomic E-state index is 4.76. The molecule has 0 N–H and O–H groups in total. The number of benzene rings is 1. The Labute approximate surface area is 109 Å². The molecule has 0 saturated carbocycles. The van der Waals surface area contributed by atoms with E-state index in [0.717, 1.165) is 0 Å². The van der Waals surface area contributed by atoms with Crippen molar-refractivity contribution in [3.8, 4) is 11.1 Å². The van der Waals surface area contributed by atoms with Crippen molar-refractivity contribution < 1.29 is 0 Å². The van der Waals surface area contributed by atoms with Crippen LogP contribution < -0.4 is 0 Å². The number of fused-ring (bicyclic) bond motifs is 1. The van der Waals surface area contributed by atoms with Gasteiger partial charge in [0.25, 0.3) is 0 Å². The van der Waals surface area contributed by atoms with Crippen molar-refractivity contribution >= 4 is 0 Å². The molecule has 0 atom stereocenters. The van der Waals surface area contributed by atoms with Gasteiger partial charge in [-0.25, -0.2) is 0 Å². The van der Waals surface area contributed by atoms with Gasteiger partial charge >= 0.3 is 0 Å². The van der Waals surface area contributed by atoms with Crippen LogP contribution in [0.1, 0.15) is 35.4 Å². The van der Waals surface area contributed by atoms with Crippen molar-refractivity contribution in [2.45, 2.75) is 39.5 Å². The van der Waals surface area contributed by atoms with Crippen molar-refractivity contribution in [1.82, 2.24) is 4.98 Å². The molecule has 0 fully saturated rings. The molecule has 1 aliphatic rings. The number of rotatable bonds is 1. The molecule has 0 radical (unpaired) electrons. The predicted molar refractivity (Wildman–Crippen MR) is 75.8 cm³/mol. The number of hydrogen-bond acceptors (Lipinski definition) is 1. The largest absolute Gasteiger partial charge is 0.258 e. The van der Waals surface area contributed by atoms with Gasteiger partial charge in [-0.3, -0.25) is 4.98 Å². The lowest BCUT2D eigenvalue weighted by molar-refractivity contribution is 0.677. The third-order valence-electron chi connectivity index (χ3n) is 3.97. The Bertz CT molecular complexity index is 570. The van der Waals surface area contributed by atoms with E-state index in [1.807, 2.05) is 0 Å². The van der Waals surface area contributed by atoms with Gasteiger partial charge < -0.3 is 0 Å². The highest BCUT2D eigenvalue weighted by Gasteiger charge is 2.19. The summed E-state index contributed by atoms with van der Waals surface area (Å²) in [5.74, 6) is 0. The fraction of sp³-hybridized carbons (Fsp3) is 0.353. The van der Waals surface area contributed by atoms with E-state index < -0.39 is 0 Å². The first-order valence-electron chi connectivity index (χ1n) is 6.82. The van der Waals surface area contributed by atoms with Crippen LogP contribution in [-0.2, 0) is 12.8 Å². The molecule has 1 nitrogen and oxygen atoms in total. The minimum Gasteiger partial charge on any atom is -0.258 e. The summed E-state index contributed by atoms with van der Waals surface area (Å²) in [5.41, 5.74) is 8.18. The number of aromatic nitrogens is 1. The summed E-state index contributed by atoms with van der Waals surface area (Å²) in [4.78, 5) is 4.76. The first-order valence-corrected chi connectivity index (χ1v) is 6.82. The van der Waals surface area contributed by atoms with E-state index in [1.54, 1.807) is 5.56 Å². The van der Waals surface area contributed by atoms with Gasteiger partial charge in [0, 0.05) is 17.0 Å². The third kappa shape index (κ3) is 1.84. The van der Waals surface area contributed by atoms with Gasteiger partial charge in [0.2, 0.25) is 0 Å². The van der Waals surface area contributed by atoms with Crippen molar-refractivity contribution in [2.75, 3.05) is 0 Å². The van der Waals surface area contributed by atoms with E-state index in [2.05, 4.69) is 44.2 Å². The first-order chi connectivity index (χ1) is 8.77. The molecule has 0 saturated heterocycles. The fourth-order valence-electron chi connectivity index (χ4n) is 3.16. The zero-order valence-corrected chi connectivity index (χ0v) is 11.2. The van der Waals surface area contributed by atoms with Crippen LogP contribution in [0, 0.1) is 13.8 Å². The zero-order valence-electron chi connectivity index (χ0n) is 11.2. The van der Waals surface area contributed by atoms with Crippen LogP contribution >= 0.6 is 0 Å². The van der Waals surface area contributed by atoms with Crippen LogP contribution in [0.15, 0.2) is 30.3 Å². The number of hydrogen-bond donors (Lipinski definition) is 0. The Morgan fingerprint density at radius 3 is 2.22 bits per heavy atom. The lowest BCUT2D eigenvalue weighted by Gasteiger charge is -2.23. The lowest BCUT2D eigenvalue weighted by Crippen LogP contribution is -2.10. The molecule has 1 aromatic heterocycles. The van der Waals surface area contributed by atoms with Crippen LogP contribution in [0.3, 0.4) is 0 Å². The van der Waals surface area contributed by atoms with Crippen molar-refractivity contribution in [3.63, 3.8) is 0 Å². The maximum absolute atomic E-state index is 4.76. The van der Waals surface area contributed by atoms with Crippen LogP contribution in [0.2, 0.25) is 0 Å². The van der Waals surface area contributed by atoms with Crippen LogP contribution in [-0.4, -0.2) is 4.98 Å². The minimum atomic E-state index is 1.18. The van der Waals surface area contributed by atoms with Crippen LogP contribution in [0.25, 0.3) is 11.1 Å². The third-order valence-corrected chi connectivity index (χ3v) is 3.97. The number of nitrogens with zero attached hydrogens (tertiary/aromatic N) is 1. The van der Waals surface area contributed by atoms with Crippen LogP contribution in [0.4, 0.5) is 0 Å². The average molecular weight is 237 g/mol. The Balaban J connectivity index is 2.26. The molecule has 1 aromatic carbocycles. The summed E-state index contributed by atoms with van der Waals surface area (Å²) in [6.07, 6.45) is 5.04. The van der Waals surface area contributed by atoms with Crippen molar-refractivity contribution in [1.29, 1.82) is 0 Å². The Morgan fingerprint density at radius 2 is 1.50 bits per heavy atom. The lowest BCUT2D eigenvalue weighted by atomic mass is 9.84. The van der Waals surface area contributed by atoms with Crippen molar-refractivity contribution in [3.05, 3.63) is 52.8 Å². The molecule has 0 aliphatic heterocycles. The highest BCUT2D eigenvalue weighted by Crippen LogP contribution is 2.34. The topological polar surface area (TPSA) is 12.9 Å². The molecule has 3 rings (SSSR count). The summed E-state index contributed by atoms with van der Waals surface area (Å²) in [7, 11) is 0. The standard InChI is InChI=1S/C17H19N/c1-12-15-10-6-7-11-16(15)17(13(2)18-12)14-8-4-3-5-9-14/h3-5,8-9H,6-7,10-11H2,1-2H3. The molecule has 0 bridgehead atoms. The Hall–Kier alpha value is -1.63. The van der Waals surface area contributed by atoms with Gasteiger partial charge in [-0.15, -0.1) is 0 Å². The highest BCUT2D eigenvalue weighted by atomic mass is 14.7. The van der Waals surface area contributed by atoms with Gasteiger partial charge in [0.05, 0.1) is 0 Å². The molecular formula is C17H19N. The molecule has 2 aromatic rings. The first kappa shape index (κ1) is 11.5. The van der Waals surface area contributed by atoms with E-state index in [-0.39, 0.29) is 0 Å². The normalized spacial score (nSPS) is 14.3.